The molecule has 0 aliphatic carbocycles. The number of nitrogens with two attached hydrogens (primary N) is 2. The lowest BCUT2D eigenvalue weighted by atomic mass is 10.3. The maximum absolute atomic E-state index is 5.58. The Labute approximate surface area is 75.4 Å². The molecule has 0 fully saturated rings. The molecule has 1 aromatic rings. The van der Waals surface area contributed by atoms with Gasteiger partial charge in [0.15, 0.2) is 0 Å². The van der Waals surface area contributed by atoms with Crippen molar-refractivity contribution in [2.24, 2.45) is 16.8 Å². The van der Waals surface area contributed by atoms with E-state index in [-0.39, 0.29) is 5.29 Å². The molecule has 0 radical (unpaired) electrons. The van der Waals surface area contributed by atoms with Gasteiger partial charge in [-0.25, -0.2) is 5.84 Å². The fourth-order valence-corrected chi connectivity index (χ4v) is 0.855. The minimum atomic E-state index is 0.0428. The van der Waals surface area contributed by atoms with Gasteiger partial charge >= 0.3 is 0 Å². The molecule has 64 valence electrons. The number of para-hydroxylation sites is 1. The standard InChI is InChI=1S/C7H9ClN4/c8-7(11-9)12(10)6-4-2-1-3-5-6/h1-5H,9-10H2. The highest BCUT2D eigenvalue weighted by molar-refractivity contribution is 6.67. The highest BCUT2D eigenvalue weighted by Gasteiger charge is 2.04. The summed E-state index contributed by atoms with van der Waals surface area (Å²) in [6.45, 7) is 0. The second-order valence-electron chi connectivity index (χ2n) is 2.10. The first kappa shape index (κ1) is 8.83. The van der Waals surface area contributed by atoms with Gasteiger partial charge in [0.25, 0.3) is 0 Å². The zero-order chi connectivity index (χ0) is 8.97. The van der Waals surface area contributed by atoms with Crippen molar-refractivity contribution in [3.8, 4) is 0 Å². The van der Waals surface area contributed by atoms with Crippen molar-refractivity contribution < 1.29 is 0 Å². The molecule has 0 aliphatic heterocycles. The van der Waals surface area contributed by atoms with Crippen LogP contribution in [0.1, 0.15) is 0 Å². The fourth-order valence-electron chi connectivity index (χ4n) is 0.757. The third kappa shape index (κ3) is 1.87. The molecule has 0 atom stereocenters. The van der Waals surface area contributed by atoms with Crippen LogP contribution in [0.2, 0.25) is 0 Å². The SMILES string of the molecule is NN=C(Cl)N(N)c1ccccc1. The molecule has 0 aliphatic rings. The quantitative estimate of drug-likeness (QED) is 0.223. The van der Waals surface area contributed by atoms with Gasteiger partial charge in [0.2, 0.25) is 5.29 Å². The van der Waals surface area contributed by atoms with E-state index in [0.717, 1.165) is 5.69 Å². The number of hydrazine groups is 1. The summed E-state index contributed by atoms with van der Waals surface area (Å²) in [5.41, 5.74) is 0.733. The van der Waals surface area contributed by atoms with E-state index in [4.69, 9.17) is 23.3 Å². The zero-order valence-corrected chi connectivity index (χ0v) is 7.07. The average molecular weight is 185 g/mol. The summed E-state index contributed by atoms with van der Waals surface area (Å²) in [5.74, 6) is 10.5. The highest BCUT2D eigenvalue weighted by Crippen LogP contribution is 2.10. The molecule has 0 heterocycles. The van der Waals surface area contributed by atoms with Gasteiger partial charge in [-0.15, -0.1) is 0 Å². The van der Waals surface area contributed by atoms with Gasteiger partial charge in [0.05, 0.1) is 5.69 Å². The number of anilines is 1. The summed E-state index contributed by atoms with van der Waals surface area (Å²) >= 11 is 5.58. The van der Waals surface area contributed by atoms with Crippen molar-refractivity contribution in [1.29, 1.82) is 0 Å². The number of amidine groups is 1. The Hall–Kier alpha value is -1.26. The Balaban J connectivity index is 2.86. The lowest BCUT2D eigenvalue weighted by molar-refractivity contribution is 1.11. The molecule has 4 nitrogen and oxygen atoms in total. The van der Waals surface area contributed by atoms with Crippen LogP contribution in [0.25, 0.3) is 0 Å². The molecular weight excluding hydrogens is 176 g/mol. The first-order valence-corrected chi connectivity index (χ1v) is 3.66. The number of hydrazone groups is 1. The third-order valence-corrected chi connectivity index (χ3v) is 1.62. The third-order valence-electron chi connectivity index (χ3n) is 1.34. The van der Waals surface area contributed by atoms with Crippen LogP contribution in [0.15, 0.2) is 35.4 Å². The summed E-state index contributed by atoms with van der Waals surface area (Å²) in [4.78, 5) is 0. The van der Waals surface area contributed by atoms with Gasteiger partial charge in [-0.1, -0.05) is 18.2 Å². The molecular formula is C7H9ClN4. The van der Waals surface area contributed by atoms with Gasteiger partial charge in [0, 0.05) is 0 Å². The lowest BCUT2D eigenvalue weighted by Crippen LogP contribution is -2.34. The van der Waals surface area contributed by atoms with Crippen LogP contribution < -0.4 is 16.7 Å². The van der Waals surface area contributed by atoms with E-state index in [2.05, 4.69) is 5.10 Å². The number of hydrogen-bond donors (Lipinski definition) is 2. The number of hydrogen-bond acceptors (Lipinski definition) is 3. The monoisotopic (exact) mass is 184 g/mol. The van der Waals surface area contributed by atoms with Crippen LogP contribution in [0.3, 0.4) is 0 Å². The van der Waals surface area contributed by atoms with Gasteiger partial charge < -0.3 is 5.84 Å². The van der Waals surface area contributed by atoms with Crippen LogP contribution in [0, 0.1) is 0 Å². The number of nitrogens with zero attached hydrogens (tertiary/aromatic N) is 2. The summed E-state index contributed by atoms with van der Waals surface area (Å²) in [6.07, 6.45) is 0. The Morgan fingerprint density at radius 3 is 2.42 bits per heavy atom. The molecule has 0 spiro atoms. The molecule has 0 saturated heterocycles. The predicted octanol–water partition coefficient (Wildman–Crippen LogP) is 0.835. The van der Waals surface area contributed by atoms with E-state index in [1.54, 1.807) is 12.1 Å². The van der Waals surface area contributed by atoms with Crippen molar-refractivity contribution >= 4 is 22.6 Å². The summed E-state index contributed by atoms with van der Waals surface area (Å²) in [5, 5.41) is 4.49. The zero-order valence-electron chi connectivity index (χ0n) is 6.31. The Bertz CT molecular complexity index is 272. The largest absolute Gasteiger partial charge is 0.320 e. The van der Waals surface area contributed by atoms with E-state index < -0.39 is 0 Å². The summed E-state index contributed by atoms with van der Waals surface area (Å²) < 4.78 is 0. The maximum atomic E-state index is 5.58. The molecule has 4 N–H and O–H groups in total. The van der Waals surface area contributed by atoms with Crippen LogP contribution in [-0.2, 0) is 0 Å². The summed E-state index contributed by atoms with van der Waals surface area (Å²) in [6, 6.07) is 9.16. The van der Waals surface area contributed by atoms with Crippen molar-refractivity contribution in [2.75, 3.05) is 5.01 Å². The fraction of sp³-hybridized carbons (Fsp3) is 0. The van der Waals surface area contributed by atoms with Crippen LogP contribution in [0.5, 0.6) is 0 Å². The molecule has 0 amide bonds. The average Bonchev–Trinajstić information content (AvgIpc) is 2.17. The Kier molecular flexibility index (Phi) is 2.90. The number of halogens is 1. The van der Waals surface area contributed by atoms with E-state index in [9.17, 15) is 0 Å². The normalized spacial score (nSPS) is 11.3. The minimum absolute atomic E-state index is 0.0428. The Morgan fingerprint density at radius 2 is 1.92 bits per heavy atom. The van der Waals surface area contributed by atoms with Gasteiger partial charge in [-0.2, -0.15) is 5.10 Å². The summed E-state index contributed by atoms with van der Waals surface area (Å²) in [7, 11) is 0. The first-order valence-electron chi connectivity index (χ1n) is 3.29. The van der Waals surface area contributed by atoms with E-state index in [0.29, 0.717) is 0 Å². The molecule has 1 aromatic carbocycles. The molecule has 0 aromatic heterocycles. The van der Waals surface area contributed by atoms with Crippen molar-refractivity contribution in [3.63, 3.8) is 0 Å². The van der Waals surface area contributed by atoms with Gasteiger partial charge in [-0.05, 0) is 23.7 Å². The van der Waals surface area contributed by atoms with Gasteiger partial charge in [0.1, 0.15) is 0 Å². The predicted molar refractivity (Wildman–Crippen MR) is 50.6 cm³/mol. The molecule has 0 unspecified atom stereocenters. The number of rotatable bonds is 1. The Morgan fingerprint density at radius 1 is 1.33 bits per heavy atom. The molecule has 0 bridgehead atoms. The van der Waals surface area contributed by atoms with Crippen LogP contribution in [-0.4, -0.2) is 5.29 Å². The lowest BCUT2D eigenvalue weighted by Gasteiger charge is -2.14. The first-order chi connectivity index (χ1) is 5.75. The topological polar surface area (TPSA) is 67.6 Å². The maximum Gasteiger partial charge on any atom is 0.235 e. The van der Waals surface area contributed by atoms with Crippen LogP contribution >= 0.6 is 11.6 Å². The van der Waals surface area contributed by atoms with Crippen molar-refractivity contribution in [3.05, 3.63) is 30.3 Å². The van der Waals surface area contributed by atoms with Crippen molar-refractivity contribution in [1.82, 2.24) is 0 Å². The second kappa shape index (κ2) is 3.94. The molecule has 0 saturated carbocycles. The smallest absolute Gasteiger partial charge is 0.235 e. The molecule has 12 heavy (non-hydrogen) atoms. The van der Waals surface area contributed by atoms with E-state index in [1.807, 2.05) is 18.2 Å². The van der Waals surface area contributed by atoms with E-state index in [1.165, 1.54) is 5.01 Å². The highest BCUT2D eigenvalue weighted by atomic mass is 35.5. The second-order valence-corrected chi connectivity index (χ2v) is 2.44. The van der Waals surface area contributed by atoms with Gasteiger partial charge in [-0.3, -0.25) is 5.01 Å². The van der Waals surface area contributed by atoms with Crippen molar-refractivity contribution in [2.45, 2.75) is 0 Å². The number of benzene rings is 1. The molecule has 5 heteroatoms. The molecule has 1 rings (SSSR count). The van der Waals surface area contributed by atoms with Crippen LogP contribution in [0.4, 0.5) is 5.69 Å². The van der Waals surface area contributed by atoms with E-state index >= 15 is 0 Å². The minimum Gasteiger partial charge on any atom is -0.320 e.